The first-order valence-corrected chi connectivity index (χ1v) is 11.2. The molecule has 0 radical (unpaired) electrons. The van der Waals surface area contributed by atoms with Gasteiger partial charge in [-0.3, -0.25) is 4.79 Å². The highest BCUT2D eigenvalue weighted by molar-refractivity contribution is 6.06. The Morgan fingerprint density at radius 2 is 1.74 bits per heavy atom. The largest absolute Gasteiger partial charge is 0.340 e. The van der Waals surface area contributed by atoms with Gasteiger partial charge in [0.25, 0.3) is 5.91 Å². The van der Waals surface area contributed by atoms with Crippen LogP contribution < -0.4 is 5.32 Å². The second kappa shape index (κ2) is 9.09. The van der Waals surface area contributed by atoms with Crippen LogP contribution in [0.5, 0.6) is 0 Å². The van der Waals surface area contributed by atoms with E-state index in [4.69, 9.17) is 9.51 Å². The number of rotatable bonds is 6. The van der Waals surface area contributed by atoms with Crippen LogP contribution in [0.2, 0.25) is 0 Å². The molecular weight excluding hydrogens is 447 g/mol. The van der Waals surface area contributed by atoms with Gasteiger partial charge in [-0.25, -0.2) is 14.1 Å². The summed E-state index contributed by atoms with van der Waals surface area (Å²) in [7, 11) is 0. The number of hydrogen-bond donors (Lipinski definition) is 1. The zero-order chi connectivity index (χ0) is 24.5. The molecular formula is C26H23FN6O2. The van der Waals surface area contributed by atoms with Crippen molar-refractivity contribution in [3.8, 4) is 22.6 Å². The number of amides is 1. The third kappa shape index (κ3) is 4.40. The van der Waals surface area contributed by atoms with Gasteiger partial charge in [-0.05, 0) is 51.1 Å². The van der Waals surface area contributed by atoms with E-state index >= 15 is 0 Å². The van der Waals surface area contributed by atoms with Crippen LogP contribution in [-0.4, -0.2) is 30.8 Å². The first-order chi connectivity index (χ1) is 16.9. The number of carbonyl (C=O) groups excluding carboxylic acids is 1. The Bertz CT molecular complexity index is 1490. The van der Waals surface area contributed by atoms with Crippen LogP contribution in [-0.2, 0) is 0 Å². The van der Waals surface area contributed by atoms with Gasteiger partial charge in [-0.2, -0.15) is 10.1 Å². The minimum atomic E-state index is -0.562. The van der Waals surface area contributed by atoms with Crippen molar-refractivity contribution in [2.75, 3.05) is 0 Å². The van der Waals surface area contributed by atoms with E-state index < -0.39 is 6.04 Å². The molecule has 5 aromatic rings. The number of pyridine rings is 1. The molecule has 176 valence electrons. The Morgan fingerprint density at radius 1 is 1.00 bits per heavy atom. The van der Waals surface area contributed by atoms with Gasteiger partial charge >= 0.3 is 0 Å². The predicted molar refractivity (Wildman–Crippen MR) is 129 cm³/mol. The zero-order valence-electron chi connectivity index (χ0n) is 19.4. The minimum absolute atomic E-state index is 0.0733. The molecule has 9 heteroatoms. The summed E-state index contributed by atoms with van der Waals surface area (Å²) in [6.45, 7) is 5.78. The smallest absolute Gasteiger partial charge is 0.252 e. The lowest BCUT2D eigenvalue weighted by atomic mass is 10.1. The summed E-state index contributed by atoms with van der Waals surface area (Å²) >= 11 is 0. The number of nitrogens with one attached hydrogen (secondary N) is 1. The van der Waals surface area contributed by atoms with Crippen LogP contribution >= 0.6 is 0 Å². The molecule has 0 bridgehead atoms. The maximum atomic E-state index is 13.4. The summed E-state index contributed by atoms with van der Waals surface area (Å²) in [4.78, 5) is 22.6. The van der Waals surface area contributed by atoms with Gasteiger partial charge in [0.1, 0.15) is 11.9 Å². The SMILES string of the molecule is CC(NC(=O)c1cc(-c2ccccc2)nc2c1cnn2C(C)C)c1nc(-c2ccc(F)cc2)no1. The van der Waals surface area contributed by atoms with E-state index in [2.05, 4.69) is 20.6 Å². The van der Waals surface area contributed by atoms with Crippen molar-refractivity contribution in [3.05, 3.63) is 84.1 Å². The maximum Gasteiger partial charge on any atom is 0.252 e. The quantitative estimate of drug-likeness (QED) is 0.359. The zero-order valence-corrected chi connectivity index (χ0v) is 19.4. The highest BCUT2D eigenvalue weighted by Crippen LogP contribution is 2.27. The molecule has 0 aliphatic rings. The van der Waals surface area contributed by atoms with Crippen molar-refractivity contribution in [1.29, 1.82) is 0 Å². The standard InChI is InChI=1S/C26H23FN6O2/c1-15(2)33-24-21(14-28-33)20(13-22(30-24)17-7-5-4-6-8-17)25(34)29-16(3)26-31-23(32-35-26)18-9-11-19(27)12-10-18/h4-16H,1-3H3,(H,29,34). The number of carbonyl (C=O) groups is 1. The molecule has 1 amide bonds. The summed E-state index contributed by atoms with van der Waals surface area (Å²) < 4.78 is 20.4. The lowest BCUT2D eigenvalue weighted by molar-refractivity contribution is 0.0934. The fraction of sp³-hybridized carbons (Fsp3) is 0.192. The summed E-state index contributed by atoms with van der Waals surface area (Å²) in [6.07, 6.45) is 1.66. The molecule has 1 N–H and O–H groups in total. The van der Waals surface area contributed by atoms with E-state index in [1.54, 1.807) is 36.0 Å². The molecule has 8 nitrogen and oxygen atoms in total. The molecule has 3 heterocycles. The third-order valence-corrected chi connectivity index (χ3v) is 5.63. The first-order valence-electron chi connectivity index (χ1n) is 11.2. The van der Waals surface area contributed by atoms with Crippen LogP contribution in [0.3, 0.4) is 0 Å². The number of halogens is 1. The molecule has 0 aliphatic carbocycles. The fourth-order valence-corrected chi connectivity index (χ4v) is 3.80. The molecule has 5 rings (SSSR count). The van der Waals surface area contributed by atoms with E-state index in [-0.39, 0.29) is 23.7 Å². The van der Waals surface area contributed by atoms with E-state index in [0.717, 1.165) is 5.56 Å². The molecule has 35 heavy (non-hydrogen) atoms. The monoisotopic (exact) mass is 470 g/mol. The van der Waals surface area contributed by atoms with Gasteiger partial charge in [0, 0.05) is 17.2 Å². The van der Waals surface area contributed by atoms with Gasteiger partial charge in [-0.15, -0.1) is 0 Å². The number of aromatic nitrogens is 5. The second-order valence-corrected chi connectivity index (χ2v) is 8.50. The van der Waals surface area contributed by atoms with Crippen LogP contribution in [0.25, 0.3) is 33.7 Å². The minimum Gasteiger partial charge on any atom is -0.340 e. The van der Waals surface area contributed by atoms with Gasteiger partial charge < -0.3 is 9.84 Å². The Morgan fingerprint density at radius 3 is 2.46 bits per heavy atom. The summed E-state index contributed by atoms with van der Waals surface area (Å²) in [5, 5.41) is 12.0. The van der Waals surface area contributed by atoms with Crippen molar-refractivity contribution in [1.82, 2.24) is 30.2 Å². The first kappa shape index (κ1) is 22.4. The fourth-order valence-electron chi connectivity index (χ4n) is 3.80. The third-order valence-electron chi connectivity index (χ3n) is 5.63. The maximum absolute atomic E-state index is 13.4. The predicted octanol–water partition coefficient (Wildman–Crippen LogP) is 5.36. The van der Waals surface area contributed by atoms with Crippen molar-refractivity contribution in [2.24, 2.45) is 0 Å². The van der Waals surface area contributed by atoms with E-state index in [1.807, 2.05) is 44.2 Å². The molecule has 0 saturated carbocycles. The Kier molecular flexibility index (Phi) is 5.82. The molecule has 0 aliphatic heterocycles. The number of hydrogen-bond acceptors (Lipinski definition) is 6. The number of fused-ring (bicyclic) bond motifs is 1. The van der Waals surface area contributed by atoms with Crippen LogP contribution in [0.15, 0.2) is 71.4 Å². The Hall–Kier alpha value is -4.40. The molecule has 3 aromatic heterocycles. The van der Waals surface area contributed by atoms with Crippen LogP contribution in [0.1, 0.15) is 49.1 Å². The average Bonchev–Trinajstić information content (AvgIpc) is 3.52. The van der Waals surface area contributed by atoms with Gasteiger partial charge in [0.15, 0.2) is 5.65 Å². The van der Waals surface area contributed by atoms with Crippen molar-refractivity contribution < 1.29 is 13.7 Å². The van der Waals surface area contributed by atoms with Crippen molar-refractivity contribution in [2.45, 2.75) is 32.9 Å². The number of benzene rings is 2. The molecule has 0 saturated heterocycles. The summed E-state index contributed by atoms with van der Waals surface area (Å²) in [5.41, 5.74) is 3.27. The van der Waals surface area contributed by atoms with E-state index in [1.165, 1.54) is 12.1 Å². The highest BCUT2D eigenvalue weighted by Gasteiger charge is 2.22. The molecule has 2 aromatic carbocycles. The Balaban J connectivity index is 1.47. The van der Waals surface area contributed by atoms with Crippen molar-refractivity contribution >= 4 is 16.9 Å². The summed E-state index contributed by atoms with van der Waals surface area (Å²) in [5.74, 6) is -0.106. The van der Waals surface area contributed by atoms with E-state index in [9.17, 15) is 9.18 Å². The van der Waals surface area contributed by atoms with Crippen molar-refractivity contribution in [3.63, 3.8) is 0 Å². The normalized spacial score (nSPS) is 12.3. The average molecular weight is 471 g/mol. The molecule has 0 fully saturated rings. The lowest BCUT2D eigenvalue weighted by Gasteiger charge is -2.13. The number of nitrogens with zero attached hydrogens (tertiary/aromatic N) is 5. The van der Waals surface area contributed by atoms with Crippen LogP contribution in [0, 0.1) is 5.82 Å². The van der Waals surface area contributed by atoms with Gasteiger partial charge in [0.05, 0.1) is 22.8 Å². The van der Waals surface area contributed by atoms with Crippen LogP contribution in [0.4, 0.5) is 4.39 Å². The highest BCUT2D eigenvalue weighted by atomic mass is 19.1. The molecule has 0 spiro atoms. The molecule has 1 unspecified atom stereocenters. The van der Waals surface area contributed by atoms with Gasteiger partial charge in [-0.1, -0.05) is 35.5 Å². The lowest BCUT2D eigenvalue weighted by Crippen LogP contribution is -2.27. The summed E-state index contributed by atoms with van der Waals surface area (Å²) in [6, 6.07) is 16.7. The second-order valence-electron chi connectivity index (χ2n) is 8.50. The van der Waals surface area contributed by atoms with E-state index in [0.29, 0.717) is 33.7 Å². The topological polar surface area (TPSA) is 98.7 Å². The molecule has 1 atom stereocenters. The van der Waals surface area contributed by atoms with Gasteiger partial charge in [0.2, 0.25) is 11.7 Å². The Labute approximate surface area is 200 Å².